The van der Waals surface area contributed by atoms with Crippen LogP contribution in [-0.2, 0) is 4.79 Å². The Bertz CT molecular complexity index is 1290. The topological polar surface area (TPSA) is 39.2 Å². The zero-order valence-corrected chi connectivity index (χ0v) is 25.4. The number of rotatable bonds is 8. The number of aliphatic imine (C=N–C) groups is 1. The molecule has 222 valence electrons. The SMILES string of the molecule is C=C/C(=C(\C=C/C)C1CC(N(C=O)c2ccccc2C(C)C)=C(/C(=N\C)N2CCN(C)CC2C)C=C1Cl)C(F)(F)F. The molecule has 1 aliphatic heterocycles. The number of piperazine rings is 1. The Balaban J connectivity index is 2.32. The van der Waals surface area contributed by atoms with Gasteiger partial charge in [0.2, 0.25) is 6.41 Å². The van der Waals surface area contributed by atoms with Crippen LogP contribution in [0.2, 0.25) is 0 Å². The van der Waals surface area contributed by atoms with Crippen molar-refractivity contribution in [3.63, 3.8) is 0 Å². The van der Waals surface area contributed by atoms with Gasteiger partial charge < -0.3 is 9.80 Å². The first kappa shape index (κ1) is 32.4. The van der Waals surface area contributed by atoms with Crippen molar-refractivity contribution in [3.8, 4) is 0 Å². The Labute approximate surface area is 247 Å². The van der Waals surface area contributed by atoms with E-state index in [1.54, 1.807) is 31.0 Å². The molecule has 1 amide bonds. The highest BCUT2D eigenvalue weighted by molar-refractivity contribution is 6.31. The third-order valence-corrected chi connectivity index (χ3v) is 8.01. The molecule has 0 bridgehead atoms. The molecule has 1 saturated heterocycles. The van der Waals surface area contributed by atoms with Crippen molar-refractivity contribution in [2.24, 2.45) is 10.9 Å². The van der Waals surface area contributed by atoms with E-state index in [0.29, 0.717) is 29.3 Å². The van der Waals surface area contributed by atoms with Crippen LogP contribution in [0.3, 0.4) is 0 Å². The molecule has 3 rings (SSSR count). The summed E-state index contributed by atoms with van der Waals surface area (Å²) in [6.45, 7) is 13.6. The predicted octanol–water partition coefficient (Wildman–Crippen LogP) is 7.45. The quantitative estimate of drug-likeness (QED) is 0.137. The van der Waals surface area contributed by atoms with E-state index in [9.17, 15) is 18.0 Å². The molecule has 5 nitrogen and oxygen atoms in total. The minimum absolute atomic E-state index is 0.00116. The number of anilines is 1. The number of benzene rings is 1. The van der Waals surface area contributed by atoms with Crippen molar-refractivity contribution < 1.29 is 18.0 Å². The Hall–Kier alpha value is -3.10. The average Bonchev–Trinajstić information content (AvgIpc) is 2.91. The summed E-state index contributed by atoms with van der Waals surface area (Å²) in [5, 5.41) is 0.242. The van der Waals surface area contributed by atoms with Gasteiger partial charge in [0.25, 0.3) is 0 Å². The van der Waals surface area contributed by atoms with Gasteiger partial charge in [0.05, 0.1) is 11.3 Å². The molecule has 41 heavy (non-hydrogen) atoms. The first-order valence-electron chi connectivity index (χ1n) is 13.8. The van der Waals surface area contributed by atoms with Crippen molar-refractivity contribution in [2.45, 2.75) is 52.3 Å². The zero-order chi connectivity index (χ0) is 30.5. The average molecular weight is 589 g/mol. The van der Waals surface area contributed by atoms with Gasteiger partial charge in [-0.05, 0) is 50.1 Å². The van der Waals surface area contributed by atoms with Crippen LogP contribution in [0.1, 0.15) is 45.6 Å². The number of alkyl halides is 3. The van der Waals surface area contributed by atoms with Crippen LogP contribution in [-0.4, -0.2) is 68.0 Å². The van der Waals surface area contributed by atoms with Crippen LogP contribution in [0.25, 0.3) is 0 Å². The Morgan fingerprint density at radius 1 is 1.24 bits per heavy atom. The molecule has 1 fully saturated rings. The number of carbonyl (C=O) groups is 1. The molecule has 0 aromatic heterocycles. The van der Waals surface area contributed by atoms with Gasteiger partial charge in [0, 0.05) is 61.4 Å². The highest BCUT2D eigenvalue weighted by Crippen LogP contribution is 2.44. The fourth-order valence-corrected chi connectivity index (χ4v) is 6.00. The lowest BCUT2D eigenvalue weighted by atomic mass is 9.83. The largest absolute Gasteiger partial charge is 0.416 e. The van der Waals surface area contributed by atoms with Gasteiger partial charge in [-0.2, -0.15) is 13.2 Å². The van der Waals surface area contributed by atoms with Gasteiger partial charge >= 0.3 is 6.18 Å². The molecule has 1 aromatic rings. The first-order valence-corrected chi connectivity index (χ1v) is 14.2. The van der Waals surface area contributed by atoms with Crippen LogP contribution in [0, 0.1) is 5.92 Å². The van der Waals surface area contributed by atoms with Crippen LogP contribution in [0.15, 0.2) is 87.6 Å². The molecule has 1 heterocycles. The molecule has 2 aliphatic rings. The maximum absolute atomic E-state index is 14.1. The first-order chi connectivity index (χ1) is 19.4. The number of hydrogen-bond acceptors (Lipinski definition) is 3. The van der Waals surface area contributed by atoms with Crippen molar-refractivity contribution in [1.29, 1.82) is 0 Å². The number of amidine groups is 1. The molecule has 2 unspecified atom stereocenters. The summed E-state index contributed by atoms with van der Waals surface area (Å²) in [4.78, 5) is 23.5. The Morgan fingerprint density at radius 3 is 2.46 bits per heavy atom. The minimum Gasteiger partial charge on any atom is -0.351 e. The third kappa shape index (κ3) is 7.04. The van der Waals surface area contributed by atoms with Crippen molar-refractivity contribution in [1.82, 2.24) is 9.80 Å². The van der Waals surface area contributed by atoms with Gasteiger partial charge in [-0.1, -0.05) is 68.5 Å². The van der Waals surface area contributed by atoms with Crippen LogP contribution in [0.5, 0.6) is 0 Å². The van der Waals surface area contributed by atoms with E-state index in [1.807, 2.05) is 38.1 Å². The summed E-state index contributed by atoms with van der Waals surface area (Å²) in [7, 11) is 3.75. The Morgan fingerprint density at radius 2 is 1.93 bits per heavy atom. The van der Waals surface area contributed by atoms with E-state index in [0.717, 1.165) is 31.1 Å². The second-order valence-electron chi connectivity index (χ2n) is 10.8. The number of amides is 1. The van der Waals surface area contributed by atoms with Gasteiger partial charge in [-0.15, -0.1) is 0 Å². The van der Waals surface area contributed by atoms with E-state index in [2.05, 4.69) is 35.3 Å². The molecule has 0 radical (unpaired) electrons. The monoisotopic (exact) mass is 588 g/mol. The Kier molecular flexibility index (Phi) is 10.8. The lowest BCUT2D eigenvalue weighted by Crippen LogP contribution is -2.53. The number of carbonyl (C=O) groups excluding carboxylic acids is 1. The number of allylic oxidation sites excluding steroid dienone is 7. The van der Waals surface area contributed by atoms with E-state index >= 15 is 0 Å². The highest BCUT2D eigenvalue weighted by Gasteiger charge is 2.39. The summed E-state index contributed by atoms with van der Waals surface area (Å²) in [5.74, 6) is -0.0930. The zero-order valence-electron chi connectivity index (χ0n) is 24.7. The second-order valence-corrected chi connectivity index (χ2v) is 11.2. The molecule has 0 spiro atoms. The second kappa shape index (κ2) is 13.7. The maximum atomic E-state index is 14.1. The number of halogens is 4. The van der Waals surface area contributed by atoms with Gasteiger partial charge in [-0.25, -0.2) is 0 Å². The van der Waals surface area contributed by atoms with Crippen molar-refractivity contribution >= 4 is 29.5 Å². The van der Waals surface area contributed by atoms with Crippen LogP contribution < -0.4 is 4.90 Å². The highest BCUT2D eigenvalue weighted by atomic mass is 35.5. The normalized spacial score (nSPS) is 21.8. The molecule has 2 atom stereocenters. The molecule has 0 saturated carbocycles. The summed E-state index contributed by atoms with van der Waals surface area (Å²) in [5.41, 5.74) is 1.93. The molecule has 1 aromatic carbocycles. The van der Waals surface area contributed by atoms with Gasteiger partial charge in [-0.3, -0.25) is 14.7 Å². The molecular weight excluding hydrogens is 549 g/mol. The number of likely N-dealkylation sites (N-methyl/N-ethyl adjacent to an activating group) is 1. The van der Waals surface area contributed by atoms with Crippen molar-refractivity contribution in [2.75, 3.05) is 38.6 Å². The predicted molar refractivity (Wildman–Crippen MR) is 163 cm³/mol. The summed E-state index contributed by atoms with van der Waals surface area (Å²) in [6, 6.07) is 7.70. The summed E-state index contributed by atoms with van der Waals surface area (Å²) in [6.07, 6.45) is 1.67. The van der Waals surface area contributed by atoms with Crippen LogP contribution in [0.4, 0.5) is 18.9 Å². The van der Waals surface area contributed by atoms with E-state index in [4.69, 9.17) is 11.6 Å². The summed E-state index contributed by atoms with van der Waals surface area (Å²) < 4.78 is 42.4. The fraction of sp³-hybridized carbons (Fsp3) is 0.438. The van der Waals surface area contributed by atoms with Crippen LogP contribution >= 0.6 is 11.6 Å². The molecule has 9 heteroatoms. The van der Waals surface area contributed by atoms with Gasteiger partial charge in [0.1, 0.15) is 5.84 Å². The minimum atomic E-state index is -4.63. The lowest BCUT2D eigenvalue weighted by Gasteiger charge is -2.42. The molecule has 1 aliphatic carbocycles. The number of nitrogens with zero attached hydrogens (tertiary/aromatic N) is 4. The third-order valence-electron chi connectivity index (χ3n) is 7.64. The number of hydrogen-bond donors (Lipinski definition) is 0. The fourth-order valence-electron chi connectivity index (χ4n) is 5.69. The smallest absolute Gasteiger partial charge is 0.351 e. The lowest BCUT2D eigenvalue weighted by molar-refractivity contribution is -0.107. The number of para-hydroxylation sites is 1. The van der Waals surface area contributed by atoms with E-state index < -0.39 is 17.7 Å². The van der Waals surface area contributed by atoms with Gasteiger partial charge in [0.15, 0.2) is 0 Å². The van der Waals surface area contributed by atoms with E-state index in [1.165, 1.54) is 6.08 Å². The summed E-state index contributed by atoms with van der Waals surface area (Å²) >= 11 is 6.87. The van der Waals surface area contributed by atoms with Crippen molar-refractivity contribution in [3.05, 3.63) is 88.2 Å². The molecular formula is C32H40ClF3N4O. The molecule has 0 N–H and O–H groups in total. The van der Waals surface area contributed by atoms with E-state index in [-0.39, 0.29) is 29.0 Å². The maximum Gasteiger partial charge on any atom is 0.416 e. The standard InChI is InChI=1S/C32H40ClF3N4O/c1-8-12-24(27(9-2)32(34,35)36)25-18-30(40(20-41)29-14-11-10-13-23(29)21(3)4)26(17-28(25)33)31(37-6)39-16-15-38(7)19-22(39)5/h8-14,17,20-22,25H,2,15-16,18-19H2,1,3-7H3/b12-8-,27-24-,37-31+.